The molecule has 1 unspecified atom stereocenters. The summed E-state index contributed by atoms with van der Waals surface area (Å²) < 4.78 is 0. The molecule has 3 nitrogen and oxygen atoms in total. The Morgan fingerprint density at radius 2 is 1.84 bits per heavy atom. The second-order valence-corrected chi connectivity index (χ2v) is 8.35. The van der Waals surface area contributed by atoms with Gasteiger partial charge in [0.1, 0.15) is 0 Å². The van der Waals surface area contributed by atoms with Gasteiger partial charge in [-0.1, -0.05) is 44.4 Å². The first-order valence-corrected chi connectivity index (χ1v) is 10.0. The van der Waals surface area contributed by atoms with Crippen LogP contribution in [0.25, 0.3) is 10.9 Å². The van der Waals surface area contributed by atoms with Crippen molar-refractivity contribution in [3.05, 3.63) is 36.0 Å². The molecule has 2 heterocycles. The third kappa shape index (κ3) is 3.33. The number of nitrogens with zero attached hydrogens (tertiary/aromatic N) is 1. The molecule has 4 rings (SSSR count). The van der Waals surface area contributed by atoms with Gasteiger partial charge in [-0.3, -0.25) is 4.79 Å². The number of aromatic nitrogens is 1. The average molecular weight is 338 g/mol. The molecule has 2 fully saturated rings. The van der Waals surface area contributed by atoms with Crippen molar-refractivity contribution in [3.8, 4) is 0 Å². The van der Waals surface area contributed by atoms with Gasteiger partial charge in [0.15, 0.2) is 0 Å². The normalized spacial score (nSPS) is 21.6. The largest absolute Gasteiger partial charge is 0.361 e. The highest BCUT2D eigenvalue weighted by Gasteiger charge is 2.37. The lowest BCUT2D eigenvalue weighted by Gasteiger charge is -2.44. The highest BCUT2D eigenvalue weighted by atomic mass is 16.2. The van der Waals surface area contributed by atoms with E-state index in [4.69, 9.17) is 0 Å². The fourth-order valence-electron chi connectivity index (χ4n) is 5.03. The van der Waals surface area contributed by atoms with Gasteiger partial charge < -0.3 is 9.88 Å². The Balaban J connectivity index is 1.38. The number of hydrogen-bond donors (Lipinski definition) is 1. The minimum absolute atomic E-state index is 0.0552. The van der Waals surface area contributed by atoms with Crippen molar-refractivity contribution >= 4 is 16.8 Å². The number of H-pyrrole nitrogens is 1. The van der Waals surface area contributed by atoms with E-state index in [-0.39, 0.29) is 5.92 Å². The maximum absolute atomic E-state index is 12.9. The van der Waals surface area contributed by atoms with Crippen molar-refractivity contribution < 1.29 is 4.79 Å². The molecule has 0 radical (unpaired) electrons. The van der Waals surface area contributed by atoms with E-state index in [1.165, 1.54) is 55.9 Å². The maximum atomic E-state index is 12.9. The van der Waals surface area contributed by atoms with Gasteiger partial charge >= 0.3 is 0 Å². The molecule has 1 N–H and O–H groups in total. The standard InChI is InChI=1S/C22H30N2O/c1-17(15-18-16-23-20-8-4-3-7-19(18)20)21(25)24-13-11-22(12-14-24)9-5-2-6-10-22/h3-4,7-8,16-17,23H,2,5-6,9-15H2,1H3. The zero-order valence-electron chi connectivity index (χ0n) is 15.4. The number of likely N-dealkylation sites (tertiary alicyclic amines) is 1. The molecule has 1 aromatic heterocycles. The lowest BCUT2D eigenvalue weighted by molar-refractivity contribution is -0.137. The van der Waals surface area contributed by atoms with Gasteiger partial charge in [0.25, 0.3) is 0 Å². The first-order chi connectivity index (χ1) is 12.2. The topological polar surface area (TPSA) is 36.1 Å². The molecule has 1 amide bonds. The molecule has 25 heavy (non-hydrogen) atoms. The van der Waals surface area contributed by atoms with Gasteiger partial charge in [-0.05, 0) is 49.1 Å². The van der Waals surface area contributed by atoms with E-state index in [2.05, 4.69) is 41.2 Å². The summed E-state index contributed by atoms with van der Waals surface area (Å²) in [6.07, 6.45) is 12.3. The Kier molecular flexibility index (Phi) is 4.58. The zero-order valence-corrected chi connectivity index (χ0v) is 15.4. The predicted octanol–water partition coefficient (Wildman–Crippen LogP) is 4.92. The predicted molar refractivity (Wildman–Crippen MR) is 102 cm³/mol. The fraction of sp³-hybridized carbons (Fsp3) is 0.591. The van der Waals surface area contributed by atoms with E-state index in [0.29, 0.717) is 11.3 Å². The molecular weight excluding hydrogens is 308 g/mol. The number of hydrogen-bond acceptors (Lipinski definition) is 1. The van der Waals surface area contributed by atoms with Crippen LogP contribution in [-0.4, -0.2) is 28.9 Å². The minimum Gasteiger partial charge on any atom is -0.361 e. The van der Waals surface area contributed by atoms with Crippen molar-refractivity contribution in [2.75, 3.05) is 13.1 Å². The highest BCUT2D eigenvalue weighted by molar-refractivity contribution is 5.84. The van der Waals surface area contributed by atoms with Gasteiger partial charge in [-0.25, -0.2) is 0 Å². The van der Waals surface area contributed by atoms with Crippen molar-refractivity contribution in [1.82, 2.24) is 9.88 Å². The second-order valence-electron chi connectivity index (χ2n) is 8.35. The van der Waals surface area contributed by atoms with Crippen LogP contribution in [0.5, 0.6) is 0 Å². The summed E-state index contributed by atoms with van der Waals surface area (Å²) in [7, 11) is 0. The number of amides is 1. The monoisotopic (exact) mass is 338 g/mol. The van der Waals surface area contributed by atoms with E-state index in [1.54, 1.807) is 0 Å². The fourth-order valence-corrected chi connectivity index (χ4v) is 5.03. The van der Waals surface area contributed by atoms with Crippen molar-refractivity contribution in [2.24, 2.45) is 11.3 Å². The molecule has 1 aromatic carbocycles. The first kappa shape index (κ1) is 16.7. The van der Waals surface area contributed by atoms with Gasteiger partial charge in [0, 0.05) is 36.1 Å². The summed E-state index contributed by atoms with van der Waals surface area (Å²) in [4.78, 5) is 18.4. The molecule has 2 aliphatic rings. The van der Waals surface area contributed by atoms with Crippen LogP contribution in [-0.2, 0) is 11.2 Å². The Morgan fingerprint density at radius 3 is 2.60 bits per heavy atom. The Morgan fingerprint density at radius 1 is 1.12 bits per heavy atom. The van der Waals surface area contributed by atoms with Crippen LogP contribution in [0.2, 0.25) is 0 Å². The molecule has 2 aromatic rings. The molecule has 1 spiro atoms. The van der Waals surface area contributed by atoms with Crippen LogP contribution >= 0.6 is 0 Å². The van der Waals surface area contributed by atoms with Gasteiger partial charge in [0.05, 0.1) is 0 Å². The molecule has 0 bridgehead atoms. The number of aromatic amines is 1. The molecule has 1 aliphatic carbocycles. The number of piperidine rings is 1. The first-order valence-electron chi connectivity index (χ1n) is 10.0. The van der Waals surface area contributed by atoms with E-state index in [9.17, 15) is 4.79 Å². The van der Waals surface area contributed by atoms with Crippen molar-refractivity contribution in [1.29, 1.82) is 0 Å². The van der Waals surface area contributed by atoms with Crippen LogP contribution < -0.4 is 0 Å². The van der Waals surface area contributed by atoms with Crippen LogP contribution in [0, 0.1) is 11.3 Å². The summed E-state index contributed by atoms with van der Waals surface area (Å²) in [5, 5.41) is 1.25. The zero-order chi connectivity index (χ0) is 17.3. The Bertz CT molecular complexity index is 731. The average Bonchev–Trinajstić information content (AvgIpc) is 3.05. The Hall–Kier alpha value is -1.77. The number of carbonyl (C=O) groups is 1. The number of carbonyl (C=O) groups excluding carboxylic acids is 1. The summed E-state index contributed by atoms with van der Waals surface area (Å²) in [5.74, 6) is 0.399. The number of rotatable bonds is 3. The van der Waals surface area contributed by atoms with E-state index in [1.807, 2.05) is 6.07 Å². The number of fused-ring (bicyclic) bond motifs is 1. The summed E-state index contributed by atoms with van der Waals surface area (Å²) in [6.45, 7) is 4.03. The van der Waals surface area contributed by atoms with Crippen molar-refractivity contribution in [3.63, 3.8) is 0 Å². The summed E-state index contributed by atoms with van der Waals surface area (Å²) in [5.41, 5.74) is 2.99. The Labute approximate surface area is 150 Å². The van der Waals surface area contributed by atoms with Crippen LogP contribution in [0.3, 0.4) is 0 Å². The van der Waals surface area contributed by atoms with Crippen LogP contribution in [0.15, 0.2) is 30.5 Å². The van der Waals surface area contributed by atoms with E-state index < -0.39 is 0 Å². The molecule has 134 valence electrons. The van der Waals surface area contributed by atoms with Crippen molar-refractivity contribution in [2.45, 2.75) is 58.3 Å². The van der Waals surface area contributed by atoms with Crippen LogP contribution in [0.4, 0.5) is 0 Å². The number of benzene rings is 1. The van der Waals surface area contributed by atoms with E-state index >= 15 is 0 Å². The van der Waals surface area contributed by atoms with Crippen LogP contribution in [0.1, 0.15) is 57.4 Å². The third-order valence-corrected chi connectivity index (χ3v) is 6.67. The molecule has 1 saturated heterocycles. The van der Waals surface area contributed by atoms with E-state index in [0.717, 1.165) is 25.0 Å². The molecular formula is C22H30N2O. The summed E-state index contributed by atoms with van der Waals surface area (Å²) in [6, 6.07) is 8.36. The number of nitrogens with one attached hydrogen (secondary N) is 1. The molecule has 1 saturated carbocycles. The SMILES string of the molecule is CC(Cc1c[nH]c2ccccc12)C(=O)N1CCC2(CCCCC2)CC1. The highest BCUT2D eigenvalue weighted by Crippen LogP contribution is 2.44. The molecule has 1 aliphatic heterocycles. The lowest BCUT2D eigenvalue weighted by atomic mass is 9.68. The molecule has 1 atom stereocenters. The third-order valence-electron chi connectivity index (χ3n) is 6.67. The quantitative estimate of drug-likeness (QED) is 0.847. The minimum atomic E-state index is 0.0552. The van der Waals surface area contributed by atoms with Gasteiger partial charge in [0.2, 0.25) is 5.91 Å². The van der Waals surface area contributed by atoms with Gasteiger partial charge in [-0.15, -0.1) is 0 Å². The molecule has 3 heteroatoms. The smallest absolute Gasteiger partial charge is 0.225 e. The summed E-state index contributed by atoms with van der Waals surface area (Å²) >= 11 is 0. The maximum Gasteiger partial charge on any atom is 0.225 e. The van der Waals surface area contributed by atoms with Gasteiger partial charge in [-0.2, -0.15) is 0 Å². The lowest BCUT2D eigenvalue weighted by Crippen LogP contribution is -2.45. The second kappa shape index (κ2) is 6.86. The number of para-hydroxylation sites is 1.